The smallest absolute Gasteiger partial charge is 0.252 e. The Morgan fingerprint density at radius 1 is 0.339 bits per heavy atom. The Labute approximate surface area is 375 Å². The first-order chi connectivity index (χ1) is 28.5. The molecule has 0 atom stereocenters. The van der Waals surface area contributed by atoms with Crippen molar-refractivity contribution < 1.29 is 0 Å². The summed E-state index contributed by atoms with van der Waals surface area (Å²) < 4.78 is 0. The van der Waals surface area contributed by atoms with Crippen LogP contribution in [-0.2, 0) is 43.3 Å². The molecule has 0 saturated carbocycles. The van der Waals surface area contributed by atoms with Crippen molar-refractivity contribution in [2.45, 2.75) is 187 Å². The normalized spacial score (nSPS) is 23.3. The summed E-state index contributed by atoms with van der Waals surface area (Å²) in [5.41, 5.74) is 26.5. The third-order valence-corrected chi connectivity index (χ3v) is 17.4. The molecular formula is C59H71BN2. The molecule has 3 heteroatoms. The van der Waals surface area contributed by atoms with Gasteiger partial charge in [-0.3, -0.25) is 0 Å². The van der Waals surface area contributed by atoms with E-state index >= 15 is 0 Å². The summed E-state index contributed by atoms with van der Waals surface area (Å²) in [6, 6.07) is 30.8. The van der Waals surface area contributed by atoms with Gasteiger partial charge in [0.2, 0.25) is 0 Å². The summed E-state index contributed by atoms with van der Waals surface area (Å²) >= 11 is 0. The number of rotatable bonds is 2. The van der Waals surface area contributed by atoms with Crippen LogP contribution >= 0.6 is 0 Å². The quantitative estimate of drug-likeness (QED) is 0.160. The lowest BCUT2D eigenvalue weighted by molar-refractivity contribution is 0.402. The molecule has 4 aliphatic carbocycles. The van der Waals surface area contributed by atoms with Crippen molar-refractivity contribution >= 4 is 57.2 Å². The highest BCUT2D eigenvalue weighted by atomic mass is 15.2. The van der Waals surface area contributed by atoms with Gasteiger partial charge in [0, 0.05) is 34.1 Å². The largest absolute Gasteiger partial charge is 0.311 e. The van der Waals surface area contributed by atoms with Gasteiger partial charge < -0.3 is 9.80 Å². The summed E-state index contributed by atoms with van der Waals surface area (Å²) in [6.45, 7) is 41.9. The summed E-state index contributed by atoms with van der Waals surface area (Å²) in [4.78, 5) is 5.41. The van der Waals surface area contributed by atoms with E-state index in [1.54, 1.807) is 0 Å². The predicted molar refractivity (Wildman–Crippen MR) is 268 cm³/mol. The topological polar surface area (TPSA) is 6.48 Å². The molecule has 5 aromatic carbocycles. The van der Waals surface area contributed by atoms with E-state index in [0.29, 0.717) is 0 Å². The lowest BCUT2D eigenvalue weighted by Crippen LogP contribution is -2.62. The Balaban J connectivity index is 1.26. The van der Waals surface area contributed by atoms with Crippen molar-refractivity contribution in [2.24, 2.45) is 0 Å². The first-order valence-corrected chi connectivity index (χ1v) is 24.0. The number of aryl methyl sites for hydroxylation is 1. The fourth-order valence-corrected chi connectivity index (χ4v) is 15.8. The van der Waals surface area contributed by atoms with Crippen molar-refractivity contribution in [3.63, 3.8) is 0 Å². The van der Waals surface area contributed by atoms with Crippen LogP contribution in [0.3, 0.4) is 0 Å². The Bertz CT molecular complexity index is 2650. The third kappa shape index (κ3) is 5.29. The molecule has 2 heterocycles. The van der Waals surface area contributed by atoms with Crippen molar-refractivity contribution in [1.82, 2.24) is 0 Å². The van der Waals surface area contributed by atoms with E-state index in [9.17, 15) is 0 Å². The predicted octanol–water partition coefficient (Wildman–Crippen LogP) is 13.9. The molecule has 2 nitrogen and oxygen atoms in total. The van der Waals surface area contributed by atoms with E-state index in [-0.39, 0.29) is 50.0 Å². The average molecular weight is 819 g/mol. The minimum atomic E-state index is 0.0785. The third-order valence-electron chi connectivity index (χ3n) is 17.4. The van der Waals surface area contributed by atoms with E-state index in [4.69, 9.17) is 0 Å². The highest BCUT2D eigenvalue weighted by molar-refractivity contribution is 7.00. The van der Waals surface area contributed by atoms with Crippen molar-refractivity contribution in [3.05, 3.63) is 123 Å². The molecule has 320 valence electrons. The molecule has 0 N–H and O–H groups in total. The van der Waals surface area contributed by atoms with E-state index in [1.165, 1.54) is 101 Å². The van der Waals surface area contributed by atoms with E-state index in [2.05, 4.69) is 200 Å². The maximum Gasteiger partial charge on any atom is 0.252 e. The van der Waals surface area contributed by atoms with Crippen LogP contribution in [0.1, 0.15) is 187 Å². The average Bonchev–Trinajstić information content (AvgIpc) is 3.62. The summed E-state index contributed by atoms with van der Waals surface area (Å²) in [5.74, 6) is 0. The second-order valence-electron chi connectivity index (χ2n) is 26.5. The van der Waals surface area contributed by atoms with Gasteiger partial charge in [0.1, 0.15) is 0 Å². The van der Waals surface area contributed by atoms with Crippen molar-refractivity contribution in [1.29, 1.82) is 0 Å². The van der Waals surface area contributed by atoms with Crippen LogP contribution in [-0.4, -0.2) is 6.71 Å². The maximum absolute atomic E-state index is 2.71. The van der Waals surface area contributed by atoms with Crippen LogP contribution in [0.2, 0.25) is 0 Å². The van der Waals surface area contributed by atoms with Gasteiger partial charge in [-0.25, -0.2) is 0 Å². The monoisotopic (exact) mass is 819 g/mol. The van der Waals surface area contributed by atoms with Crippen molar-refractivity contribution in [2.75, 3.05) is 9.80 Å². The maximum atomic E-state index is 2.71. The molecule has 2 aliphatic heterocycles. The standard InChI is InChI=1S/C59H71BN2/c1-34-22-49-51-50(23-34)62(36-19-21-38-40(25-36)55(8,9)31-53(38,4)5)48-29-44-42(57(12,13)33-59(44,16)17)27-46(48)60(51)45-26-41-43(58(14,15)32-56(41,10)11)28-47(45)61(49)35-18-20-37-39(24-35)54(6,7)30-52(37,2)3/h18-29H,30-33H2,1-17H3. The van der Waals surface area contributed by atoms with Crippen LogP contribution < -0.4 is 26.2 Å². The van der Waals surface area contributed by atoms with Crippen LogP contribution in [0.15, 0.2) is 72.8 Å². The lowest BCUT2D eigenvalue weighted by atomic mass is 9.33. The van der Waals surface area contributed by atoms with Gasteiger partial charge in [-0.2, -0.15) is 0 Å². The Kier molecular flexibility index (Phi) is 7.66. The van der Waals surface area contributed by atoms with Gasteiger partial charge in [-0.05, 0) is 191 Å². The van der Waals surface area contributed by atoms with Gasteiger partial charge in [0.25, 0.3) is 6.71 Å². The minimum absolute atomic E-state index is 0.0785. The van der Waals surface area contributed by atoms with Crippen LogP contribution in [0.4, 0.5) is 34.1 Å². The number of anilines is 6. The Hall–Kier alpha value is -4.24. The summed E-state index contributed by atoms with van der Waals surface area (Å²) in [7, 11) is 0. The first kappa shape index (κ1) is 40.5. The summed E-state index contributed by atoms with van der Waals surface area (Å²) in [5, 5.41) is 0. The Morgan fingerprint density at radius 3 is 0.968 bits per heavy atom. The van der Waals surface area contributed by atoms with E-state index in [1.807, 2.05) is 0 Å². The Morgan fingerprint density at radius 2 is 0.629 bits per heavy atom. The zero-order valence-electron chi connectivity index (χ0n) is 41.2. The molecule has 6 aliphatic rings. The zero-order valence-corrected chi connectivity index (χ0v) is 41.2. The first-order valence-electron chi connectivity index (χ1n) is 24.0. The lowest BCUT2D eigenvalue weighted by Gasteiger charge is -2.45. The second kappa shape index (κ2) is 11.7. The molecule has 0 bridgehead atoms. The van der Waals surface area contributed by atoms with E-state index < -0.39 is 0 Å². The van der Waals surface area contributed by atoms with Crippen LogP contribution in [0.5, 0.6) is 0 Å². The molecule has 0 unspecified atom stereocenters. The molecule has 0 fully saturated rings. The highest BCUT2D eigenvalue weighted by Gasteiger charge is 2.51. The minimum Gasteiger partial charge on any atom is -0.311 e. The summed E-state index contributed by atoms with van der Waals surface area (Å²) in [6.07, 6.45) is 4.61. The van der Waals surface area contributed by atoms with Gasteiger partial charge >= 0.3 is 0 Å². The SMILES string of the molecule is Cc1cc2c3c(c1)N(c1ccc4c(c1)C(C)(C)CC4(C)C)c1cc4c(cc1B3c1cc3c(cc1N2c1ccc2c(c1)C(C)(C)CC2(C)C)C(C)(C)CC3(C)C)C(C)(C)CC4(C)C. The number of hydrogen-bond donors (Lipinski definition) is 0. The fraction of sp³-hybridized carbons (Fsp3) is 0.492. The second-order valence-corrected chi connectivity index (χ2v) is 26.5. The fourth-order valence-electron chi connectivity index (χ4n) is 15.8. The molecule has 0 amide bonds. The molecule has 5 aromatic rings. The molecule has 0 radical (unpaired) electrons. The van der Waals surface area contributed by atoms with Crippen LogP contribution in [0.25, 0.3) is 0 Å². The number of benzene rings is 5. The van der Waals surface area contributed by atoms with Gasteiger partial charge in [0.15, 0.2) is 0 Å². The van der Waals surface area contributed by atoms with Crippen LogP contribution in [0, 0.1) is 6.92 Å². The van der Waals surface area contributed by atoms with E-state index in [0.717, 1.165) is 25.7 Å². The van der Waals surface area contributed by atoms with Gasteiger partial charge in [-0.1, -0.05) is 135 Å². The molecule has 0 aromatic heterocycles. The van der Waals surface area contributed by atoms with Crippen molar-refractivity contribution in [3.8, 4) is 0 Å². The molecule has 0 spiro atoms. The number of nitrogens with zero attached hydrogens (tertiary/aromatic N) is 2. The zero-order chi connectivity index (χ0) is 44.4. The molecule has 0 saturated heterocycles. The highest BCUT2D eigenvalue weighted by Crippen LogP contribution is 2.57. The molecular weight excluding hydrogens is 747 g/mol. The number of fused-ring (bicyclic) bond motifs is 8. The molecule has 11 rings (SSSR count). The number of hydrogen-bond acceptors (Lipinski definition) is 2. The van der Waals surface area contributed by atoms with Gasteiger partial charge in [0.05, 0.1) is 0 Å². The molecule has 62 heavy (non-hydrogen) atoms. The van der Waals surface area contributed by atoms with Gasteiger partial charge in [-0.15, -0.1) is 0 Å².